The van der Waals surface area contributed by atoms with Gasteiger partial charge in [-0.25, -0.2) is 0 Å². The van der Waals surface area contributed by atoms with Crippen LogP contribution in [0.4, 0.5) is 0 Å². The topological polar surface area (TPSA) is 56.9 Å². The lowest BCUT2D eigenvalue weighted by atomic mass is 10.2. The molecule has 0 bridgehead atoms. The number of rotatable bonds is 5. The van der Waals surface area contributed by atoms with Crippen molar-refractivity contribution in [2.24, 2.45) is 0 Å². The van der Waals surface area contributed by atoms with Crippen molar-refractivity contribution in [3.8, 4) is 0 Å². The van der Waals surface area contributed by atoms with Crippen LogP contribution >= 0.6 is 0 Å². The molecular formula is C11H19N3O. The summed E-state index contributed by atoms with van der Waals surface area (Å²) in [6.45, 7) is 7.58. The molecule has 1 atom stereocenters. The lowest BCUT2D eigenvalue weighted by molar-refractivity contribution is 0.0950. The van der Waals surface area contributed by atoms with Crippen LogP contribution in [-0.4, -0.2) is 30.0 Å². The summed E-state index contributed by atoms with van der Waals surface area (Å²) in [5.74, 6) is -0.0153. The molecule has 0 aliphatic heterocycles. The molecule has 0 fully saturated rings. The maximum absolute atomic E-state index is 11.7. The van der Waals surface area contributed by atoms with Crippen molar-refractivity contribution in [3.63, 3.8) is 0 Å². The molecule has 0 aromatic carbocycles. The molecule has 0 aliphatic rings. The van der Waals surface area contributed by atoms with Crippen molar-refractivity contribution in [1.29, 1.82) is 0 Å². The van der Waals surface area contributed by atoms with Crippen LogP contribution < -0.4 is 10.6 Å². The maximum atomic E-state index is 11.7. The number of carbonyl (C=O) groups excluding carboxylic acids is 1. The highest BCUT2D eigenvalue weighted by molar-refractivity contribution is 5.95. The monoisotopic (exact) mass is 209 g/mol. The molecule has 0 radical (unpaired) electrons. The lowest BCUT2D eigenvalue weighted by Crippen LogP contribution is -2.38. The first kappa shape index (κ1) is 11.8. The van der Waals surface area contributed by atoms with Gasteiger partial charge in [-0.05, 0) is 26.0 Å². The normalized spacial score (nSPS) is 12.5. The highest BCUT2D eigenvalue weighted by Crippen LogP contribution is 2.04. The fourth-order valence-corrected chi connectivity index (χ4v) is 1.45. The van der Waals surface area contributed by atoms with Gasteiger partial charge in [0.15, 0.2) is 0 Å². The zero-order valence-corrected chi connectivity index (χ0v) is 9.55. The van der Waals surface area contributed by atoms with Gasteiger partial charge in [-0.2, -0.15) is 0 Å². The largest absolute Gasteiger partial charge is 0.367 e. The zero-order chi connectivity index (χ0) is 11.3. The first-order chi connectivity index (χ1) is 7.15. The van der Waals surface area contributed by atoms with Crippen LogP contribution in [0.1, 0.15) is 29.8 Å². The summed E-state index contributed by atoms with van der Waals surface area (Å²) < 4.78 is 0. The first-order valence-corrected chi connectivity index (χ1v) is 5.30. The van der Waals surface area contributed by atoms with Crippen molar-refractivity contribution in [2.75, 3.05) is 13.1 Å². The smallest absolute Gasteiger partial charge is 0.253 e. The molecule has 0 saturated carbocycles. The quantitative estimate of drug-likeness (QED) is 0.679. The third-order valence-electron chi connectivity index (χ3n) is 2.32. The first-order valence-electron chi connectivity index (χ1n) is 5.30. The third kappa shape index (κ3) is 3.40. The molecule has 1 aromatic heterocycles. The van der Waals surface area contributed by atoms with Crippen molar-refractivity contribution in [2.45, 2.75) is 26.8 Å². The Morgan fingerprint density at radius 2 is 2.27 bits per heavy atom. The second-order valence-corrected chi connectivity index (χ2v) is 3.72. The molecular weight excluding hydrogens is 190 g/mol. The molecule has 1 heterocycles. The Hall–Kier alpha value is -1.29. The van der Waals surface area contributed by atoms with Gasteiger partial charge >= 0.3 is 0 Å². The van der Waals surface area contributed by atoms with Gasteiger partial charge in [-0.1, -0.05) is 6.92 Å². The molecule has 3 N–H and O–H groups in total. The van der Waals surface area contributed by atoms with Crippen LogP contribution in [0.5, 0.6) is 0 Å². The van der Waals surface area contributed by atoms with Crippen LogP contribution in [0, 0.1) is 6.92 Å². The van der Waals surface area contributed by atoms with Crippen LogP contribution in [-0.2, 0) is 0 Å². The Bertz CT molecular complexity index is 319. The van der Waals surface area contributed by atoms with Crippen LogP contribution in [0.2, 0.25) is 0 Å². The van der Waals surface area contributed by atoms with E-state index in [0.717, 1.165) is 17.7 Å². The number of hydrogen-bond acceptors (Lipinski definition) is 2. The fraction of sp³-hybridized carbons (Fsp3) is 0.545. The average molecular weight is 209 g/mol. The van der Waals surface area contributed by atoms with Crippen LogP contribution in [0.3, 0.4) is 0 Å². The van der Waals surface area contributed by atoms with Crippen molar-refractivity contribution < 1.29 is 4.79 Å². The van der Waals surface area contributed by atoms with E-state index in [2.05, 4.69) is 22.5 Å². The van der Waals surface area contributed by atoms with E-state index in [0.29, 0.717) is 12.6 Å². The van der Waals surface area contributed by atoms with E-state index in [9.17, 15) is 4.79 Å². The van der Waals surface area contributed by atoms with Crippen LogP contribution in [0.15, 0.2) is 12.4 Å². The van der Waals surface area contributed by atoms with Crippen molar-refractivity contribution >= 4 is 5.91 Å². The summed E-state index contributed by atoms with van der Waals surface area (Å²) in [5.41, 5.74) is 1.70. The van der Waals surface area contributed by atoms with Crippen molar-refractivity contribution in [1.82, 2.24) is 15.6 Å². The number of H-pyrrole nitrogens is 1. The van der Waals surface area contributed by atoms with Crippen LogP contribution in [0.25, 0.3) is 0 Å². The SMILES string of the molecule is CCN[C@H](C)CNC(=O)c1c[nH]cc1C. The summed E-state index contributed by atoms with van der Waals surface area (Å²) in [6.07, 6.45) is 3.55. The van der Waals surface area contributed by atoms with E-state index < -0.39 is 0 Å². The highest BCUT2D eigenvalue weighted by Gasteiger charge is 2.09. The van der Waals surface area contributed by atoms with Gasteiger partial charge in [0.2, 0.25) is 0 Å². The van der Waals surface area contributed by atoms with Gasteiger partial charge in [0.25, 0.3) is 5.91 Å². The number of aryl methyl sites for hydroxylation is 1. The van der Waals surface area contributed by atoms with E-state index in [1.54, 1.807) is 6.20 Å². The zero-order valence-electron chi connectivity index (χ0n) is 9.55. The second kappa shape index (κ2) is 5.56. The minimum atomic E-state index is -0.0153. The Balaban J connectivity index is 2.40. The minimum Gasteiger partial charge on any atom is -0.367 e. The molecule has 0 saturated heterocycles. The minimum absolute atomic E-state index is 0.0153. The molecule has 1 aromatic rings. The van der Waals surface area contributed by atoms with Gasteiger partial charge in [-0.3, -0.25) is 4.79 Å². The van der Waals surface area contributed by atoms with E-state index >= 15 is 0 Å². The Morgan fingerprint density at radius 3 is 2.80 bits per heavy atom. The predicted octanol–water partition coefficient (Wildman–Crippen LogP) is 1.05. The number of hydrogen-bond donors (Lipinski definition) is 3. The van der Waals surface area contributed by atoms with Gasteiger partial charge in [0.05, 0.1) is 5.56 Å². The average Bonchev–Trinajstić information content (AvgIpc) is 2.61. The number of carbonyl (C=O) groups is 1. The summed E-state index contributed by atoms with van der Waals surface area (Å²) in [7, 11) is 0. The molecule has 1 amide bonds. The summed E-state index contributed by atoms with van der Waals surface area (Å²) in [6, 6.07) is 0.304. The van der Waals surface area contributed by atoms with E-state index in [1.165, 1.54) is 0 Å². The van der Waals surface area contributed by atoms with Gasteiger partial charge in [0, 0.05) is 25.0 Å². The molecule has 4 nitrogen and oxygen atoms in total. The van der Waals surface area contributed by atoms with Crippen molar-refractivity contribution in [3.05, 3.63) is 23.5 Å². The third-order valence-corrected chi connectivity index (χ3v) is 2.32. The summed E-state index contributed by atoms with van der Waals surface area (Å²) >= 11 is 0. The number of nitrogens with one attached hydrogen (secondary N) is 3. The number of aromatic nitrogens is 1. The standard InChI is InChI=1S/C11H19N3O/c1-4-13-9(3)6-14-11(15)10-7-12-5-8(10)2/h5,7,9,12-13H,4,6H2,1-3H3,(H,14,15)/t9-/m1/s1. The molecule has 0 spiro atoms. The summed E-state index contributed by atoms with van der Waals surface area (Å²) in [5, 5.41) is 6.13. The Morgan fingerprint density at radius 1 is 1.53 bits per heavy atom. The van der Waals surface area contributed by atoms with E-state index in [4.69, 9.17) is 0 Å². The maximum Gasteiger partial charge on any atom is 0.253 e. The van der Waals surface area contributed by atoms with Gasteiger partial charge in [-0.15, -0.1) is 0 Å². The van der Waals surface area contributed by atoms with Gasteiger partial charge < -0.3 is 15.6 Å². The molecule has 4 heteroatoms. The number of likely N-dealkylation sites (N-methyl/N-ethyl adjacent to an activating group) is 1. The molecule has 0 unspecified atom stereocenters. The Kier molecular flexibility index (Phi) is 4.37. The molecule has 15 heavy (non-hydrogen) atoms. The van der Waals surface area contributed by atoms with Gasteiger partial charge in [0.1, 0.15) is 0 Å². The Labute approximate surface area is 90.5 Å². The highest BCUT2D eigenvalue weighted by atomic mass is 16.1. The lowest BCUT2D eigenvalue weighted by Gasteiger charge is -2.12. The molecule has 0 aliphatic carbocycles. The summed E-state index contributed by atoms with van der Waals surface area (Å²) in [4.78, 5) is 14.6. The second-order valence-electron chi connectivity index (χ2n) is 3.72. The number of amides is 1. The molecule has 84 valence electrons. The fourth-order valence-electron chi connectivity index (χ4n) is 1.45. The van der Waals surface area contributed by atoms with E-state index in [1.807, 2.05) is 20.0 Å². The predicted molar refractivity (Wildman–Crippen MR) is 61.0 cm³/mol. The van der Waals surface area contributed by atoms with E-state index in [-0.39, 0.29) is 5.91 Å². The number of aromatic amines is 1. The molecule has 1 rings (SSSR count).